The van der Waals surface area contributed by atoms with Gasteiger partial charge in [-0.3, -0.25) is 10.1 Å². The number of rotatable bonds is 3. The second kappa shape index (κ2) is 3.82. The molecule has 0 aliphatic carbocycles. The molecule has 1 N–H and O–H groups in total. The predicted octanol–water partition coefficient (Wildman–Crippen LogP) is 0.699. The first-order chi connectivity index (χ1) is 7.25. The number of nitrogens with one attached hydrogen (secondary N) is 1. The molecule has 0 aliphatic heterocycles. The van der Waals surface area contributed by atoms with Crippen LogP contribution in [0.3, 0.4) is 0 Å². The Morgan fingerprint density at radius 2 is 2.07 bits per heavy atom. The highest BCUT2D eigenvalue weighted by Crippen LogP contribution is 2.13. The number of benzene rings is 1. The fourth-order valence-corrected chi connectivity index (χ4v) is 1.18. The van der Waals surface area contributed by atoms with Crippen LogP contribution in [-0.2, 0) is 6.42 Å². The van der Waals surface area contributed by atoms with E-state index < -0.39 is 4.92 Å². The summed E-state index contributed by atoms with van der Waals surface area (Å²) in [5.41, 5.74) is 0.994. The summed E-state index contributed by atoms with van der Waals surface area (Å²) in [5, 5.41) is 23.6. The van der Waals surface area contributed by atoms with Gasteiger partial charge in [-0.25, -0.2) is 5.10 Å². The van der Waals surface area contributed by atoms with Crippen LogP contribution >= 0.6 is 0 Å². The van der Waals surface area contributed by atoms with E-state index >= 15 is 0 Å². The molecule has 0 saturated heterocycles. The van der Waals surface area contributed by atoms with E-state index in [0.29, 0.717) is 12.2 Å². The predicted molar refractivity (Wildman–Crippen MR) is 50.1 cm³/mol. The number of nitrogens with zero attached hydrogens (tertiary/aromatic N) is 4. The van der Waals surface area contributed by atoms with Gasteiger partial charge in [0.1, 0.15) is 0 Å². The van der Waals surface area contributed by atoms with E-state index in [9.17, 15) is 10.1 Å². The number of H-pyrrole nitrogens is 1. The second-order valence-electron chi connectivity index (χ2n) is 2.95. The molecular formula is C8H7N5O2. The van der Waals surface area contributed by atoms with Crippen LogP contribution in [-0.4, -0.2) is 25.5 Å². The van der Waals surface area contributed by atoms with Gasteiger partial charge in [0.2, 0.25) is 0 Å². The standard InChI is InChI=1S/C8H7N5O2/c14-13(15)7-3-1-6(2-4-7)5-8-9-11-12-10-8/h1-4H,5H2,(H,9,10,11,12). The maximum atomic E-state index is 10.4. The zero-order valence-corrected chi connectivity index (χ0v) is 7.62. The Balaban J connectivity index is 2.14. The first-order valence-electron chi connectivity index (χ1n) is 4.21. The van der Waals surface area contributed by atoms with E-state index in [0.717, 1.165) is 5.56 Å². The van der Waals surface area contributed by atoms with E-state index in [2.05, 4.69) is 20.6 Å². The minimum atomic E-state index is -0.431. The fraction of sp³-hybridized carbons (Fsp3) is 0.125. The number of nitro benzene ring substituents is 1. The zero-order chi connectivity index (χ0) is 10.7. The van der Waals surface area contributed by atoms with E-state index in [1.165, 1.54) is 12.1 Å². The second-order valence-corrected chi connectivity index (χ2v) is 2.95. The zero-order valence-electron chi connectivity index (χ0n) is 7.62. The van der Waals surface area contributed by atoms with E-state index in [-0.39, 0.29) is 5.69 Å². The average molecular weight is 205 g/mol. The van der Waals surface area contributed by atoms with Gasteiger partial charge in [-0.2, -0.15) is 0 Å². The summed E-state index contributed by atoms with van der Waals surface area (Å²) in [5.74, 6) is 0.629. The van der Waals surface area contributed by atoms with Crippen LogP contribution in [0.25, 0.3) is 0 Å². The number of tetrazole rings is 1. The van der Waals surface area contributed by atoms with Gasteiger partial charge in [-0.05, 0) is 16.0 Å². The van der Waals surface area contributed by atoms with Crippen LogP contribution in [0.4, 0.5) is 5.69 Å². The molecule has 0 fully saturated rings. The van der Waals surface area contributed by atoms with Gasteiger partial charge in [0, 0.05) is 18.6 Å². The van der Waals surface area contributed by atoms with Gasteiger partial charge < -0.3 is 0 Å². The van der Waals surface area contributed by atoms with Crippen molar-refractivity contribution in [3.63, 3.8) is 0 Å². The maximum Gasteiger partial charge on any atom is 0.269 e. The van der Waals surface area contributed by atoms with Gasteiger partial charge in [-0.15, -0.1) is 5.10 Å². The highest BCUT2D eigenvalue weighted by molar-refractivity contribution is 5.33. The van der Waals surface area contributed by atoms with Crippen LogP contribution in [0, 0.1) is 10.1 Å². The topological polar surface area (TPSA) is 97.6 Å². The maximum absolute atomic E-state index is 10.4. The Morgan fingerprint density at radius 1 is 1.33 bits per heavy atom. The molecule has 0 unspecified atom stereocenters. The monoisotopic (exact) mass is 205 g/mol. The van der Waals surface area contributed by atoms with Crippen molar-refractivity contribution in [2.45, 2.75) is 6.42 Å². The largest absolute Gasteiger partial charge is 0.269 e. The molecule has 0 spiro atoms. The van der Waals surface area contributed by atoms with E-state index in [1.54, 1.807) is 12.1 Å². The Labute approximate surface area is 84.3 Å². The number of aromatic amines is 1. The van der Waals surface area contributed by atoms with Crippen LogP contribution < -0.4 is 0 Å². The normalized spacial score (nSPS) is 10.1. The molecule has 0 amide bonds. The third kappa shape index (κ3) is 2.13. The Morgan fingerprint density at radius 3 is 2.60 bits per heavy atom. The van der Waals surface area contributed by atoms with Crippen molar-refractivity contribution in [2.75, 3.05) is 0 Å². The third-order valence-corrected chi connectivity index (χ3v) is 1.91. The summed E-state index contributed by atoms with van der Waals surface area (Å²) in [7, 11) is 0. The summed E-state index contributed by atoms with van der Waals surface area (Å²) < 4.78 is 0. The Kier molecular flexibility index (Phi) is 2.36. The Bertz CT molecular complexity index is 450. The van der Waals surface area contributed by atoms with Crippen molar-refractivity contribution >= 4 is 5.69 Å². The fourth-order valence-electron chi connectivity index (χ4n) is 1.18. The molecule has 2 aromatic rings. The molecule has 76 valence electrons. The first kappa shape index (κ1) is 9.25. The number of hydrogen-bond donors (Lipinski definition) is 1. The van der Waals surface area contributed by atoms with E-state index in [1.807, 2.05) is 0 Å². The van der Waals surface area contributed by atoms with Crippen molar-refractivity contribution in [3.8, 4) is 0 Å². The lowest BCUT2D eigenvalue weighted by molar-refractivity contribution is -0.384. The van der Waals surface area contributed by atoms with Crippen molar-refractivity contribution in [3.05, 3.63) is 45.8 Å². The molecule has 7 nitrogen and oxygen atoms in total. The summed E-state index contributed by atoms with van der Waals surface area (Å²) in [4.78, 5) is 9.97. The van der Waals surface area contributed by atoms with Crippen molar-refractivity contribution in [1.82, 2.24) is 20.6 Å². The molecule has 0 bridgehead atoms. The molecule has 1 aromatic carbocycles. The highest BCUT2D eigenvalue weighted by Gasteiger charge is 2.05. The molecule has 15 heavy (non-hydrogen) atoms. The minimum Gasteiger partial charge on any atom is -0.258 e. The van der Waals surface area contributed by atoms with Crippen molar-refractivity contribution in [2.24, 2.45) is 0 Å². The van der Waals surface area contributed by atoms with Gasteiger partial charge in [0.25, 0.3) is 5.69 Å². The molecule has 0 atom stereocenters. The van der Waals surface area contributed by atoms with E-state index in [4.69, 9.17) is 0 Å². The highest BCUT2D eigenvalue weighted by atomic mass is 16.6. The molecule has 0 aliphatic rings. The molecule has 7 heteroatoms. The lowest BCUT2D eigenvalue weighted by Gasteiger charge is -1.96. The number of non-ortho nitro benzene ring substituents is 1. The lowest BCUT2D eigenvalue weighted by atomic mass is 10.1. The lowest BCUT2D eigenvalue weighted by Crippen LogP contribution is -1.92. The summed E-state index contributed by atoms with van der Waals surface area (Å²) in [6.07, 6.45) is 0.533. The molecular weight excluding hydrogens is 198 g/mol. The minimum absolute atomic E-state index is 0.0782. The Hall–Kier alpha value is -2.31. The van der Waals surface area contributed by atoms with Crippen molar-refractivity contribution < 1.29 is 4.92 Å². The van der Waals surface area contributed by atoms with Crippen LogP contribution in [0.1, 0.15) is 11.4 Å². The first-order valence-corrected chi connectivity index (χ1v) is 4.21. The molecule has 2 rings (SSSR count). The van der Waals surface area contributed by atoms with Gasteiger partial charge >= 0.3 is 0 Å². The van der Waals surface area contributed by atoms with Crippen LogP contribution in [0.15, 0.2) is 24.3 Å². The summed E-state index contributed by atoms with van der Waals surface area (Å²) >= 11 is 0. The number of aromatic nitrogens is 4. The number of hydrogen-bond acceptors (Lipinski definition) is 5. The summed E-state index contributed by atoms with van der Waals surface area (Å²) in [6, 6.07) is 6.28. The molecule has 1 aromatic heterocycles. The average Bonchev–Trinajstić information content (AvgIpc) is 2.71. The molecule has 0 radical (unpaired) electrons. The van der Waals surface area contributed by atoms with Crippen molar-refractivity contribution in [1.29, 1.82) is 0 Å². The van der Waals surface area contributed by atoms with Gasteiger partial charge in [0.15, 0.2) is 5.82 Å². The molecule has 0 saturated carbocycles. The SMILES string of the molecule is O=[N+]([O-])c1ccc(Cc2nnn[nH]2)cc1. The van der Waals surface area contributed by atoms with Gasteiger partial charge in [0.05, 0.1) is 4.92 Å². The van der Waals surface area contributed by atoms with Gasteiger partial charge in [-0.1, -0.05) is 12.1 Å². The van der Waals surface area contributed by atoms with Crippen LogP contribution in [0.5, 0.6) is 0 Å². The smallest absolute Gasteiger partial charge is 0.258 e. The summed E-state index contributed by atoms with van der Waals surface area (Å²) in [6.45, 7) is 0. The quantitative estimate of drug-likeness (QED) is 0.587. The molecule has 1 heterocycles. The third-order valence-electron chi connectivity index (χ3n) is 1.91. The van der Waals surface area contributed by atoms with Crippen LogP contribution in [0.2, 0.25) is 0 Å². The number of nitro groups is 1.